The minimum absolute atomic E-state index is 0.0519. The van der Waals surface area contributed by atoms with Crippen LogP contribution in [0.1, 0.15) is 126 Å². The van der Waals surface area contributed by atoms with Crippen LogP contribution in [-0.4, -0.2) is 144 Å². The molecular weight excluding hydrogens is 1600 g/mol. The van der Waals surface area contributed by atoms with Gasteiger partial charge in [0.2, 0.25) is 11.8 Å². The van der Waals surface area contributed by atoms with Crippen LogP contribution in [-0.2, 0) is 72.4 Å². The van der Waals surface area contributed by atoms with Gasteiger partial charge in [0.25, 0.3) is 23.6 Å². The molecule has 2 heterocycles. The second-order valence-corrected chi connectivity index (χ2v) is 29.2. The number of hydrogen-bond acceptors (Lipinski definition) is 18. The third-order valence-electron chi connectivity index (χ3n) is 19.5. The molecule has 630 valence electrons. The molecule has 22 nitrogen and oxygen atoms in total. The molecule has 2 atom stereocenters. The predicted molar refractivity (Wildman–Crippen MR) is 408 cm³/mol. The van der Waals surface area contributed by atoms with Crippen LogP contribution in [0, 0.1) is 17.8 Å². The molecule has 2 aliphatic rings. The zero-order chi connectivity index (χ0) is 88.0. The molecule has 9 aromatic carbocycles. The minimum Gasteiger partial charge on any atom is -0.464 e. The Kier molecular flexibility index (Phi) is 25.0. The summed E-state index contributed by atoms with van der Waals surface area (Å²) in [6, 6.07) is 11.3. The second kappa shape index (κ2) is 34.1. The van der Waals surface area contributed by atoms with Gasteiger partial charge in [0.1, 0.15) is 84.5 Å². The lowest BCUT2D eigenvalue weighted by atomic mass is 9.80. The van der Waals surface area contributed by atoms with Crippen molar-refractivity contribution in [3.05, 3.63) is 202 Å². The molecule has 34 heteroatoms. The molecule has 0 spiro atoms. The monoisotopic (exact) mass is 1680 g/mol. The van der Waals surface area contributed by atoms with Gasteiger partial charge in [0.15, 0.2) is 0 Å². The van der Waals surface area contributed by atoms with E-state index in [0.29, 0.717) is 58.3 Å². The van der Waals surface area contributed by atoms with E-state index < -0.39 is 300 Å². The number of halogens is 12. The van der Waals surface area contributed by atoms with Gasteiger partial charge in [-0.1, -0.05) is 61.3 Å². The standard InChI is InChI=1S/C86H74F12N4O18/c1-41(2)71(77(107)99(29-33-113-79(109)43(5)6)30-34-114-80(110)44(7)8)101-73(103)55-37-59(117-51-21-13-47(14-22-51)83(87,88)89)65-67-61(119-53-25-17-49(18-26-53)85(93,94)95)39-57-64-58(76(106)102(75(57)105)72(42(3)4)78(108)100(31-35-115-81(111)45(9)10)32-36-116-82(112)46(11)12)40-62(120-54-27-19-50(20-28-54)86(96,97)98)68(70(64)67)66-60(38-56(74(101)104)63(55)69(65)66)118-52-23-15-48(16-24-52)84(90,91)92/h13-28,37-42,46,71-72H,5,7,9,29-36H2,1-4,6,8,10-12H3. The molecule has 0 fully saturated rings. The second-order valence-electron chi connectivity index (χ2n) is 29.2. The number of alkyl halides is 12. The Labute approximate surface area is 675 Å². The van der Waals surface area contributed by atoms with Crippen molar-refractivity contribution in [2.24, 2.45) is 17.8 Å². The fourth-order valence-electron chi connectivity index (χ4n) is 13.7. The average Bonchev–Trinajstić information content (AvgIpc) is 0.669. The first-order valence-electron chi connectivity index (χ1n) is 36.9. The summed E-state index contributed by atoms with van der Waals surface area (Å²) in [5.41, 5.74) is -7.60. The van der Waals surface area contributed by atoms with Crippen LogP contribution >= 0.6 is 0 Å². The first-order valence-corrected chi connectivity index (χ1v) is 36.9. The Morgan fingerprint density at radius 1 is 0.342 bits per heavy atom. The van der Waals surface area contributed by atoms with Gasteiger partial charge in [0, 0.05) is 59.8 Å². The number of ether oxygens (including phenoxy) is 8. The highest BCUT2D eigenvalue weighted by molar-refractivity contribution is 6.45. The summed E-state index contributed by atoms with van der Waals surface area (Å²) < 4.78 is 223. The van der Waals surface area contributed by atoms with Gasteiger partial charge < -0.3 is 47.7 Å². The number of imide groups is 2. The van der Waals surface area contributed by atoms with Crippen LogP contribution in [0.3, 0.4) is 0 Å². The Morgan fingerprint density at radius 3 is 0.750 bits per heavy atom. The smallest absolute Gasteiger partial charge is 0.416 e. The van der Waals surface area contributed by atoms with Gasteiger partial charge in [-0.05, 0) is 154 Å². The van der Waals surface area contributed by atoms with Crippen LogP contribution in [0.15, 0.2) is 158 Å². The lowest BCUT2D eigenvalue weighted by molar-refractivity contribution is -0.150. The van der Waals surface area contributed by atoms with Crippen LogP contribution in [0.4, 0.5) is 52.7 Å². The lowest BCUT2D eigenvalue weighted by Crippen LogP contribution is -2.57. The van der Waals surface area contributed by atoms with Crippen molar-refractivity contribution >= 4 is 102 Å². The van der Waals surface area contributed by atoms with Crippen molar-refractivity contribution in [1.29, 1.82) is 0 Å². The largest absolute Gasteiger partial charge is 0.464 e. The van der Waals surface area contributed by atoms with E-state index in [0.717, 1.165) is 82.6 Å². The van der Waals surface area contributed by atoms with Crippen LogP contribution in [0.2, 0.25) is 0 Å². The third-order valence-corrected chi connectivity index (χ3v) is 19.5. The number of esters is 4. The molecule has 0 saturated heterocycles. The maximum atomic E-state index is 16.4. The van der Waals surface area contributed by atoms with Gasteiger partial charge in [-0.15, -0.1) is 0 Å². The predicted octanol–water partition coefficient (Wildman–Crippen LogP) is 18.4. The molecule has 6 amide bonds. The van der Waals surface area contributed by atoms with Crippen molar-refractivity contribution in [3.63, 3.8) is 0 Å². The van der Waals surface area contributed by atoms with E-state index >= 15 is 28.8 Å². The number of benzene rings is 9. The fraction of sp³-hybridized carbons (Fsp3) is 0.302. The number of amides is 6. The van der Waals surface area contributed by atoms with E-state index in [2.05, 4.69) is 19.7 Å². The molecule has 2 unspecified atom stereocenters. The third kappa shape index (κ3) is 18.0. The average molecular weight is 1680 g/mol. The lowest BCUT2D eigenvalue weighted by Gasteiger charge is -2.39. The SMILES string of the molecule is C=C(C)C(=O)OCCN(CCOC(=O)C(=C)C)C(=O)C(C(C)C)N1C(=O)c2cc(Oc3ccc(C(F)(F)F)cc3)c3c4c(Oc5ccc(C(F)(F)F)cc5)cc5c6c(cc(Oc7ccc(C(F)(F)F)cc7)c(c7c(Oc8ccc(C(F)(F)F)cc8)cc(c2c37)C1=O)c64)C(=O)N(C(C(=O)N(CCOC(=O)C(=C)C)CCOC(=O)C(C)C)C(C)C)C5=O. The van der Waals surface area contributed by atoms with E-state index in [1.807, 2.05) is 0 Å². The highest BCUT2D eigenvalue weighted by Crippen LogP contribution is 2.59. The van der Waals surface area contributed by atoms with Gasteiger partial charge >= 0.3 is 48.6 Å². The van der Waals surface area contributed by atoms with E-state index in [9.17, 15) is 71.9 Å². The molecule has 0 bridgehead atoms. The first-order chi connectivity index (χ1) is 56.2. The Bertz CT molecular complexity index is 5170. The molecule has 0 radical (unpaired) electrons. The van der Waals surface area contributed by atoms with Crippen LogP contribution in [0.25, 0.3) is 43.1 Å². The first kappa shape index (κ1) is 87.8. The van der Waals surface area contributed by atoms with Gasteiger partial charge in [-0.2, -0.15) is 52.7 Å². The van der Waals surface area contributed by atoms with E-state index in [4.69, 9.17) is 37.9 Å². The van der Waals surface area contributed by atoms with Crippen molar-refractivity contribution < 1.29 is 139 Å². The summed E-state index contributed by atoms with van der Waals surface area (Å²) in [4.78, 5) is 151. The summed E-state index contributed by atoms with van der Waals surface area (Å²) in [5, 5.41) is -3.79. The summed E-state index contributed by atoms with van der Waals surface area (Å²) in [5.74, 6) is -18.6. The zero-order valence-electron chi connectivity index (χ0n) is 65.4. The Morgan fingerprint density at radius 2 is 0.558 bits per heavy atom. The summed E-state index contributed by atoms with van der Waals surface area (Å²) in [7, 11) is 0. The van der Waals surface area contributed by atoms with Crippen LogP contribution < -0.4 is 18.9 Å². The number of carbonyl (C=O) groups excluding carboxylic acids is 10. The van der Waals surface area contributed by atoms with E-state index in [-0.39, 0.29) is 16.7 Å². The number of carbonyl (C=O) groups is 10. The van der Waals surface area contributed by atoms with E-state index in [1.54, 1.807) is 0 Å². The van der Waals surface area contributed by atoms with Gasteiger partial charge in [-0.3, -0.25) is 43.4 Å². The van der Waals surface area contributed by atoms with Crippen molar-refractivity contribution in [1.82, 2.24) is 19.6 Å². The zero-order valence-corrected chi connectivity index (χ0v) is 65.4. The van der Waals surface area contributed by atoms with E-state index in [1.165, 1.54) is 62.3 Å². The quantitative estimate of drug-likeness (QED) is 0.00771. The van der Waals surface area contributed by atoms with Crippen molar-refractivity contribution in [2.45, 2.75) is 99.1 Å². The number of hydrogen-bond donors (Lipinski definition) is 0. The van der Waals surface area contributed by atoms with Crippen LogP contribution in [0.5, 0.6) is 46.0 Å². The number of fused-ring (bicyclic) bond motifs is 2. The Hall–Kier alpha value is -13.0. The summed E-state index contributed by atoms with van der Waals surface area (Å²) in [6.07, 6.45) is -20.0. The highest BCUT2D eigenvalue weighted by atomic mass is 19.4. The van der Waals surface area contributed by atoms with Crippen molar-refractivity contribution in [2.75, 3.05) is 52.6 Å². The minimum atomic E-state index is -5.00. The molecule has 0 N–H and O–H groups in total. The molecule has 0 aromatic heterocycles. The summed E-state index contributed by atoms with van der Waals surface area (Å²) in [6.45, 7) is 19.2. The van der Waals surface area contributed by atoms with Gasteiger partial charge in [0.05, 0.1) is 76.6 Å². The summed E-state index contributed by atoms with van der Waals surface area (Å²) >= 11 is 0. The number of rotatable bonds is 30. The molecular formula is C86H74F12N4O18. The molecule has 120 heavy (non-hydrogen) atoms. The molecule has 0 saturated carbocycles. The maximum Gasteiger partial charge on any atom is 0.416 e. The van der Waals surface area contributed by atoms with Gasteiger partial charge in [-0.25, -0.2) is 14.4 Å². The fourth-order valence-corrected chi connectivity index (χ4v) is 13.7. The van der Waals surface area contributed by atoms with Crippen molar-refractivity contribution in [3.8, 4) is 46.0 Å². The molecule has 2 aliphatic heterocycles. The normalized spacial score (nSPS) is 13.6. The molecule has 9 aromatic rings. The molecule has 11 rings (SSSR count). The topological polar surface area (TPSA) is 258 Å². The highest BCUT2D eigenvalue weighted by Gasteiger charge is 2.49. The Balaban J connectivity index is 1.30. The molecule has 0 aliphatic carbocycles. The maximum absolute atomic E-state index is 16.4. The number of nitrogens with zero attached hydrogens (tertiary/aromatic N) is 4.